The Labute approximate surface area is 117 Å². The summed E-state index contributed by atoms with van der Waals surface area (Å²) in [5, 5.41) is 10.9. The Bertz CT molecular complexity index is 548. The number of benzene rings is 1. The molecule has 0 spiro atoms. The molecule has 0 radical (unpaired) electrons. The molecule has 0 aromatic heterocycles. The van der Waals surface area contributed by atoms with Crippen LogP contribution in [0.5, 0.6) is 0 Å². The fourth-order valence-corrected chi connectivity index (χ4v) is 1.56. The van der Waals surface area contributed by atoms with Gasteiger partial charge in [0.1, 0.15) is 5.56 Å². The SMILES string of the molecule is CN(CCC(F)(F)F)C(=O)c1cc(NN)ccc1[N+](=O)[O-]. The number of halogens is 3. The molecule has 21 heavy (non-hydrogen) atoms. The van der Waals surface area contributed by atoms with Gasteiger partial charge in [-0.25, -0.2) is 0 Å². The van der Waals surface area contributed by atoms with Gasteiger partial charge in [0.05, 0.1) is 11.3 Å². The lowest BCUT2D eigenvalue weighted by atomic mass is 10.1. The number of nitro groups is 1. The van der Waals surface area contributed by atoms with Crippen molar-refractivity contribution in [3.05, 3.63) is 33.9 Å². The van der Waals surface area contributed by atoms with Gasteiger partial charge >= 0.3 is 6.18 Å². The summed E-state index contributed by atoms with van der Waals surface area (Å²) in [6, 6.07) is 3.45. The van der Waals surface area contributed by atoms with Gasteiger partial charge < -0.3 is 10.3 Å². The number of rotatable bonds is 5. The van der Waals surface area contributed by atoms with Gasteiger partial charge in [-0.15, -0.1) is 0 Å². The van der Waals surface area contributed by atoms with Crippen LogP contribution in [0.1, 0.15) is 16.8 Å². The second kappa shape index (κ2) is 6.39. The van der Waals surface area contributed by atoms with E-state index in [4.69, 9.17) is 5.84 Å². The van der Waals surface area contributed by atoms with Crippen LogP contribution in [-0.2, 0) is 0 Å². The van der Waals surface area contributed by atoms with Gasteiger partial charge in [0.2, 0.25) is 0 Å². The van der Waals surface area contributed by atoms with E-state index in [1.165, 1.54) is 6.07 Å². The van der Waals surface area contributed by atoms with Crippen LogP contribution < -0.4 is 11.3 Å². The van der Waals surface area contributed by atoms with Crippen molar-refractivity contribution < 1.29 is 22.9 Å². The van der Waals surface area contributed by atoms with Gasteiger partial charge in [-0.3, -0.25) is 20.8 Å². The van der Waals surface area contributed by atoms with Gasteiger partial charge in [0.25, 0.3) is 11.6 Å². The van der Waals surface area contributed by atoms with Gasteiger partial charge in [0, 0.05) is 25.3 Å². The molecule has 0 bridgehead atoms. The van der Waals surface area contributed by atoms with Gasteiger partial charge in [-0.1, -0.05) is 0 Å². The Hall–Kier alpha value is -2.36. The van der Waals surface area contributed by atoms with E-state index >= 15 is 0 Å². The summed E-state index contributed by atoms with van der Waals surface area (Å²) in [7, 11) is 1.14. The molecular formula is C11H13F3N4O3. The molecule has 0 fully saturated rings. The minimum absolute atomic E-state index is 0.230. The minimum atomic E-state index is -4.42. The summed E-state index contributed by atoms with van der Waals surface area (Å²) in [5.74, 6) is 4.26. The van der Waals surface area contributed by atoms with Crippen molar-refractivity contribution in [1.29, 1.82) is 0 Å². The number of carbonyl (C=O) groups is 1. The van der Waals surface area contributed by atoms with Crippen LogP contribution in [0.25, 0.3) is 0 Å². The molecule has 0 atom stereocenters. The minimum Gasteiger partial charge on any atom is -0.341 e. The van der Waals surface area contributed by atoms with Crippen LogP contribution in [0.4, 0.5) is 24.5 Å². The standard InChI is InChI=1S/C11H13F3N4O3/c1-17(5-4-11(12,13)14)10(19)8-6-7(16-15)2-3-9(8)18(20)21/h2-3,6,16H,4-5,15H2,1H3. The third kappa shape index (κ3) is 4.60. The summed E-state index contributed by atoms with van der Waals surface area (Å²) < 4.78 is 36.4. The Balaban J connectivity index is 3.02. The number of nitrogens with two attached hydrogens (primary N) is 1. The van der Waals surface area contributed by atoms with Crippen LogP contribution in [0.15, 0.2) is 18.2 Å². The van der Waals surface area contributed by atoms with Crippen molar-refractivity contribution in [3.8, 4) is 0 Å². The smallest absolute Gasteiger partial charge is 0.341 e. The lowest BCUT2D eigenvalue weighted by Gasteiger charge is -2.18. The number of hydrogen-bond donors (Lipinski definition) is 2. The van der Waals surface area contributed by atoms with Crippen molar-refractivity contribution in [2.75, 3.05) is 19.0 Å². The molecule has 0 aliphatic rings. The summed E-state index contributed by atoms with van der Waals surface area (Å²) in [5.41, 5.74) is 1.60. The number of anilines is 1. The van der Waals surface area contributed by atoms with Crippen molar-refractivity contribution in [2.24, 2.45) is 5.84 Å². The van der Waals surface area contributed by atoms with E-state index in [2.05, 4.69) is 5.43 Å². The van der Waals surface area contributed by atoms with Gasteiger partial charge in [-0.05, 0) is 12.1 Å². The third-order valence-electron chi connectivity index (χ3n) is 2.67. The highest BCUT2D eigenvalue weighted by molar-refractivity contribution is 5.99. The van der Waals surface area contributed by atoms with E-state index in [0.717, 1.165) is 24.1 Å². The molecule has 0 unspecified atom stereocenters. The molecule has 0 saturated heterocycles. The number of nitrogen functional groups attached to an aromatic ring is 1. The topological polar surface area (TPSA) is 102 Å². The van der Waals surface area contributed by atoms with Gasteiger partial charge in [-0.2, -0.15) is 13.2 Å². The molecule has 10 heteroatoms. The van der Waals surface area contributed by atoms with Crippen molar-refractivity contribution in [1.82, 2.24) is 4.90 Å². The summed E-state index contributed by atoms with van der Waals surface area (Å²) >= 11 is 0. The molecule has 3 N–H and O–H groups in total. The van der Waals surface area contributed by atoms with Crippen LogP contribution in [0.2, 0.25) is 0 Å². The predicted octanol–water partition coefficient (Wildman–Crippen LogP) is 1.90. The average Bonchev–Trinajstić information content (AvgIpc) is 2.42. The zero-order valence-corrected chi connectivity index (χ0v) is 11.0. The second-order valence-electron chi connectivity index (χ2n) is 4.23. The van der Waals surface area contributed by atoms with Gasteiger partial charge in [0.15, 0.2) is 0 Å². The number of carbonyl (C=O) groups excluding carboxylic acids is 1. The molecule has 0 aliphatic heterocycles. The average molecular weight is 306 g/mol. The van der Waals surface area contributed by atoms with Crippen LogP contribution in [0.3, 0.4) is 0 Å². The van der Waals surface area contributed by atoms with E-state index in [-0.39, 0.29) is 11.3 Å². The first-order valence-electron chi connectivity index (χ1n) is 5.73. The first-order valence-corrected chi connectivity index (χ1v) is 5.73. The molecule has 1 rings (SSSR count). The first-order chi connectivity index (χ1) is 9.65. The molecule has 1 aromatic carbocycles. The Morgan fingerprint density at radius 1 is 1.48 bits per heavy atom. The molecule has 116 valence electrons. The van der Waals surface area contributed by atoms with E-state index in [1.54, 1.807) is 0 Å². The lowest BCUT2D eigenvalue weighted by molar-refractivity contribution is -0.385. The lowest BCUT2D eigenvalue weighted by Crippen LogP contribution is -2.31. The van der Waals surface area contributed by atoms with Crippen LogP contribution in [-0.4, -0.2) is 35.5 Å². The molecular weight excluding hydrogens is 293 g/mol. The van der Waals surface area contributed by atoms with Crippen molar-refractivity contribution in [3.63, 3.8) is 0 Å². The number of amides is 1. The monoisotopic (exact) mass is 306 g/mol. The number of hydrazine groups is 1. The highest BCUT2D eigenvalue weighted by Crippen LogP contribution is 2.25. The maximum atomic E-state index is 12.1. The van der Waals surface area contributed by atoms with E-state index in [0.29, 0.717) is 0 Å². The number of nitro benzene ring substituents is 1. The molecule has 0 saturated carbocycles. The molecule has 1 aromatic rings. The third-order valence-corrected chi connectivity index (χ3v) is 2.67. The van der Waals surface area contributed by atoms with E-state index in [9.17, 15) is 28.1 Å². The molecule has 7 nitrogen and oxygen atoms in total. The number of hydrogen-bond acceptors (Lipinski definition) is 5. The molecule has 0 heterocycles. The largest absolute Gasteiger partial charge is 0.390 e. The second-order valence-corrected chi connectivity index (χ2v) is 4.23. The van der Waals surface area contributed by atoms with Crippen molar-refractivity contribution in [2.45, 2.75) is 12.6 Å². The fourth-order valence-electron chi connectivity index (χ4n) is 1.56. The van der Waals surface area contributed by atoms with Crippen LogP contribution in [0, 0.1) is 10.1 Å². The number of nitrogens with zero attached hydrogens (tertiary/aromatic N) is 2. The maximum absolute atomic E-state index is 12.1. The Morgan fingerprint density at radius 2 is 2.10 bits per heavy atom. The first kappa shape index (κ1) is 16.7. The summed E-state index contributed by atoms with van der Waals surface area (Å²) in [6.07, 6.45) is -5.61. The Kier molecular flexibility index (Phi) is 5.08. The maximum Gasteiger partial charge on any atom is 0.390 e. The zero-order chi connectivity index (χ0) is 16.2. The quantitative estimate of drug-likeness (QED) is 0.491. The molecule has 1 amide bonds. The highest BCUT2D eigenvalue weighted by atomic mass is 19.4. The summed E-state index contributed by atoms with van der Waals surface area (Å²) in [6.45, 7) is -0.597. The normalized spacial score (nSPS) is 11.1. The number of nitrogens with one attached hydrogen (secondary N) is 1. The molecule has 0 aliphatic carbocycles. The highest BCUT2D eigenvalue weighted by Gasteiger charge is 2.30. The van der Waals surface area contributed by atoms with Crippen LogP contribution >= 0.6 is 0 Å². The summed E-state index contributed by atoms with van der Waals surface area (Å²) in [4.78, 5) is 22.9. The zero-order valence-electron chi connectivity index (χ0n) is 11.0. The van der Waals surface area contributed by atoms with E-state index < -0.39 is 35.7 Å². The van der Waals surface area contributed by atoms with Crippen molar-refractivity contribution >= 4 is 17.3 Å². The number of alkyl halides is 3. The Morgan fingerprint density at radius 3 is 2.57 bits per heavy atom. The fraction of sp³-hybridized carbons (Fsp3) is 0.364. The van der Waals surface area contributed by atoms with E-state index in [1.807, 2.05) is 0 Å². The predicted molar refractivity (Wildman–Crippen MR) is 68.5 cm³/mol.